The number of methoxy groups -OCH3 is 1. The molecule has 0 bridgehead atoms. The SMILES string of the molecule is COC(=O)c1cccc(N(CCNC(=O)c2ccc(C)cc2)C(C)=O)c1. The summed E-state index contributed by atoms with van der Waals surface area (Å²) in [7, 11) is 1.30. The summed E-state index contributed by atoms with van der Waals surface area (Å²) in [6.45, 7) is 3.97. The van der Waals surface area contributed by atoms with Crippen molar-refractivity contribution < 1.29 is 19.1 Å². The molecule has 0 saturated heterocycles. The molecule has 6 heteroatoms. The third-order valence-electron chi connectivity index (χ3n) is 3.89. The molecule has 0 atom stereocenters. The number of carbonyl (C=O) groups is 3. The largest absolute Gasteiger partial charge is 0.465 e. The van der Waals surface area contributed by atoms with Crippen molar-refractivity contribution in [3.8, 4) is 0 Å². The summed E-state index contributed by atoms with van der Waals surface area (Å²) >= 11 is 0. The lowest BCUT2D eigenvalue weighted by atomic mass is 10.1. The Hall–Kier alpha value is -3.15. The smallest absolute Gasteiger partial charge is 0.337 e. The van der Waals surface area contributed by atoms with E-state index in [1.54, 1.807) is 36.4 Å². The monoisotopic (exact) mass is 354 g/mol. The van der Waals surface area contributed by atoms with Gasteiger partial charge in [-0.25, -0.2) is 4.79 Å². The molecular weight excluding hydrogens is 332 g/mol. The number of carbonyl (C=O) groups excluding carboxylic acids is 3. The second kappa shape index (κ2) is 8.80. The molecule has 0 saturated carbocycles. The zero-order valence-electron chi connectivity index (χ0n) is 15.1. The number of anilines is 1. The Morgan fingerprint density at radius 1 is 1.04 bits per heavy atom. The van der Waals surface area contributed by atoms with Crippen LogP contribution >= 0.6 is 0 Å². The quantitative estimate of drug-likeness (QED) is 0.809. The van der Waals surface area contributed by atoms with E-state index in [9.17, 15) is 14.4 Å². The predicted molar refractivity (Wildman–Crippen MR) is 99.3 cm³/mol. The molecule has 2 rings (SSSR count). The van der Waals surface area contributed by atoms with Crippen LogP contribution in [0.3, 0.4) is 0 Å². The van der Waals surface area contributed by atoms with Crippen molar-refractivity contribution >= 4 is 23.5 Å². The molecule has 1 N–H and O–H groups in total. The molecule has 26 heavy (non-hydrogen) atoms. The molecule has 136 valence electrons. The number of nitrogens with zero attached hydrogens (tertiary/aromatic N) is 1. The maximum atomic E-state index is 12.2. The van der Waals surface area contributed by atoms with Crippen LogP contribution in [0.1, 0.15) is 33.2 Å². The first kappa shape index (κ1) is 19.2. The van der Waals surface area contributed by atoms with Crippen LogP contribution < -0.4 is 10.2 Å². The molecule has 0 radical (unpaired) electrons. The van der Waals surface area contributed by atoms with E-state index in [4.69, 9.17) is 4.74 Å². The minimum atomic E-state index is -0.469. The van der Waals surface area contributed by atoms with Gasteiger partial charge in [-0.1, -0.05) is 23.8 Å². The van der Waals surface area contributed by atoms with Crippen molar-refractivity contribution in [1.82, 2.24) is 5.32 Å². The summed E-state index contributed by atoms with van der Waals surface area (Å²) in [5.41, 5.74) is 2.58. The molecule has 0 aromatic heterocycles. The van der Waals surface area contributed by atoms with Gasteiger partial charge in [0.15, 0.2) is 0 Å². The van der Waals surface area contributed by atoms with Crippen LogP contribution in [-0.4, -0.2) is 38.0 Å². The molecule has 0 unspecified atom stereocenters. The molecule has 0 spiro atoms. The molecule has 2 aromatic rings. The molecule has 2 aromatic carbocycles. The van der Waals surface area contributed by atoms with Gasteiger partial charge in [0.25, 0.3) is 5.91 Å². The van der Waals surface area contributed by atoms with Gasteiger partial charge in [0.1, 0.15) is 0 Å². The van der Waals surface area contributed by atoms with Gasteiger partial charge in [-0.15, -0.1) is 0 Å². The summed E-state index contributed by atoms with van der Waals surface area (Å²) in [6, 6.07) is 13.9. The Morgan fingerprint density at radius 2 is 1.73 bits per heavy atom. The second-order valence-electron chi connectivity index (χ2n) is 5.83. The number of amides is 2. The van der Waals surface area contributed by atoms with Crippen LogP contribution in [-0.2, 0) is 9.53 Å². The lowest BCUT2D eigenvalue weighted by Gasteiger charge is -2.22. The second-order valence-corrected chi connectivity index (χ2v) is 5.83. The van der Waals surface area contributed by atoms with Gasteiger partial charge in [-0.2, -0.15) is 0 Å². The minimum absolute atomic E-state index is 0.184. The fraction of sp³-hybridized carbons (Fsp3) is 0.250. The number of hydrogen-bond acceptors (Lipinski definition) is 4. The number of ether oxygens (including phenoxy) is 1. The third-order valence-corrected chi connectivity index (χ3v) is 3.89. The molecule has 0 aliphatic carbocycles. The lowest BCUT2D eigenvalue weighted by Crippen LogP contribution is -2.37. The summed E-state index contributed by atoms with van der Waals surface area (Å²) in [5, 5.41) is 2.80. The van der Waals surface area contributed by atoms with E-state index in [-0.39, 0.29) is 24.9 Å². The Bertz CT molecular complexity index is 800. The summed E-state index contributed by atoms with van der Waals surface area (Å²) < 4.78 is 4.70. The van der Waals surface area contributed by atoms with Gasteiger partial charge in [-0.3, -0.25) is 9.59 Å². The van der Waals surface area contributed by atoms with E-state index in [1.807, 2.05) is 19.1 Å². The van der Waals surface area contributed by atoms with Gasteiger partial charge in [0.05, 0.1) is 12.7 Å². The van der Waals surface area contributed by atoms with Crippen LogP contribution in [0.15, 0.2) is 48.5 Å². The van der Waals surface area contributed by atoms with E-state index < -0.39 is 5.97 Å². The van der Waals surface area contributed by atoms with Crippen molar-refractivity contribution in [3.63, 3.8) is 0 Å². The van der Waals surface area contributed by atoms with Crippen LogP contribution in [0, 0.1) is 6.92 Å². The standard InChI is InChI=1S/C20H22N2O4/c1-14-7-9-16(10-8-14)19(24)21-11-12-22(15(2)23)18-6-4-5-17(13-18)20(25)26-3/h4-10,13H,11-12H2,1-3H3,(H,21,24). The Labute approximate surface area is 152 Å². The highest BCUT2D eigenvalue weighted by molar-refractivity contribution is 5.96. The van der Waals surface area contributed by atoms with Crippen molar-refractivity contribution in [2.45, 2.75) is 13.8 Å². The molecule has 0 heterocycles. The summed E-state index contributed by atoms with van der Waals surface area (Å²) in [6.07, 6.45) is 0. The fourth-order valence-corrected chi connectivity index (χ4v) is 2.48. The highest BCUT2D eigenvalue weighted by atomic mass is 16.5. The molecular formula is C20H22N2O4. The summed E-state index contributed by atoms with van der Waals surface area (Å²) in [5.74, 6) is -0.851. The van der Waals surface area contributed by atoms with Gasteiger partial charge < -0.3 is 15.0 Å². The van der Waals surface area contributed by atoms with E-state index in [0.717, 1.165) is 5.56 Å². The van der Waals surface area contributed by atoms with E-state index in [0.29, 0.717) is 16.8 Å². The maximum absolute atomic E-state index is 12.2. The first-order valence-corrected chi connectivity index (χ1v) is 8.23. The minimum Gasteiger partial charge on any atom is -0.465 e. The molecule has 2 amide bonds. The van der Waals surface area contributed by atoms with E-state index >= 15 is 0 Å². The zero-order chi connectivity index (χ0) is 19.1. The number of hydrogen-bond donors (Lipinski definition) is 1. The maximum Gasteiger partial charge on any atom is 0.337 e. The highest BCUT2D eigenvalue weighted by Crippen LogP contribution is 2.17. The number of rotatable bonds is 6. The van der Waals surface area contributed by atoms with Crippen LogP contribution in [0.4, 0.5) is 5.69 Å². The topological polar surface area (TPSA) is 75.7 Å². The predicted octanol–water partition coefficient (Wildman–Crippen LogP) is 2.56. The molecule has 0 fully saturated rings. The Kier molecular flexibility index (Phi) is 6.49. The van der Waals surface area contributed by atoms with Crippen LogP contribution in [0.2, 0.25) is 0 Å². The number of aryl methyl sites for hydroxylation is 1. The number of benzene rings is 2. The van der Waals surface area contributed by atoms with Gasteiger partial charge in [0.2, 0.25) is 5.91 Å². The fourth-order valence-electron chi connectivity index (χ4n) is 2.48. The number of nitrogens with one attached hydrogen (secondary N) is 1. The number of esters is 1. The lowest BCUT2D eigenvalue weighted by molar-refractivity contribution is -0.116. The van der Waals surface area contributed by atoms with Crippen molar-refractivity contribution in [2.75, 3.05) is 25.1 Å². The van der Waals surface area contributed by atoms with Crippen molar-refractivity contribution in [3.05, 3.63) is 65.2 Å². The Balaban J connectivity index is 2.02. The van der Waals surface area contributed by atoms with Gasteiger partial charge in [0, 0.05) is 31.3 Å². The van der Waals surface area contributed by atoms with Gasteiger partial charge in [-0.05, 0) is 37.3 Å². The first-order valence-electron chi connectivity index (χ1n) is 8.23. The van der Waals surface area contributed by atoms with Crippen molar-refractivity contribution in [1.29, 1.82) is 0 Å². The average molecular weight is 354 g/mol. The van der Waals surface area contributed by atoms with Crippen molar-refractivity contribution in [2.24, 2.45) is 0 Å². The van der Waals surface area contributed by atoms with Crippen LogP contribution in [0.25, 0.3) is 0 Å². The molecule has 0 aliphatic rings. The normalized spacial score (nSPS) is 10.1. The van der Waals surface area contributed by atoms with E-state index in [1.165, 1.54) is 18.9 Å². The molecule has 0 aliphatic heterocycles. The Morgan fingerprint density at radius 3 is 2.35 bits per heavy atom. The molecule has 6 nitrogen and oxygen atoms in total. The summed E-state index contributed by atoms with van der Waals surface area (Å²) in [4.78, 5) is 37.3. The van der Waals surface area contributed by atoms with E-state index in [2.05, 4.69) is 5.32 Å². The van der Waals surface area contributed by atoms with Gasteiger partial charge >= 0.3 is 5.97 Å². The first-order chi connectivity index (χ1) is 12.4. The highest BCUT2D eigenvalue weighted by Gasteiger charge is 2.14. The zero-order valence-corrected chi connectivity index (χ0v) is 15.1. The van der Waals surface area contributed by atoms with Crippen LogP contribution in [0.5, 0.6) is 0 Å². The average Bonchev–Trinajstić information content (AvgIpc) is 2.64. The third kappa shape index (κ3) is 4.92.